The highest BCUT2D eigenvalue weighted by Gasteiger charge is 2.34. The number of aromatic carboxylic acids is 1. The van der Waals surface area contributed by atoms with Crippen molar-refractivity contribution in [2.24, 2.45) is 0 Å². The Labute approximate surface area is 253 Å². The van der Waals surface area contributed by atoms with Crippen LogP contribution in [0.5, 0.6) is 0 Å². The van der Waals surface area contributed by atoms with E-state index in [1.165, 1.54) is 51.4 Å². The van der Waals surface area contributed by atoms with Crippen LogP contribution in [-0.2, 0) is 19.7 Å². The normalized spacial score (nSPS) is 12.0. The Morgan fingerprint density at radius 1 is 0.643 bits per heavy atom. The number of rotatable bonds is 26. The number of carbonyl (C=O) groups is 1. The Balaban J connectivity index is 2.85. The number of carboxylic acids is 1. The molecule has 0 saturated carbocycles. The van der Waals surface area contributed by atoms with Gasteiger partial charge in [-0.1, -0.05) is 129 Å². The minimum absolute atomic E-state index is 0.257. The summed E-state index contributed by atoms with van der Waals surface area (Å²) in [4.78, 5) is 21.3. The number of hydrogen-bond donors (Lipinski definition) is 1. The lowest BCUT2D eigenvalue weighted by molar-refractivity contribution is -0.388. The Hall–Kier alpha value is -2.01. The minimum atomic E-state index is -4.30. The topological polar surface area (TPSA) is 149 Å². The molecule has 9 nitrogen and oxygen atoms in total. The quantitative estimate of drug-likeness (QED) is 0.0606. The Bertz CT molecular complexity index is 1160. The van der Waals surface area contributed by atoms with Gasteiger partial charge in [0.15, 0.2) is 19.7 Å². The van der Waals surface area contributed by atoms with Gasteiger partial charge in [-0.3, -0.25) is 10.1 Å². The first-order valence-electron chi connectivity index (χ1n) is 16.0. The van der Waals surface area contributed by atoms with Crippen LogP contribution in [0.15, 0.2) is 21.9 Å². The maximum absolute atomic E-state index is 13.2. The second-order valence-electron chi connectivity index (χ2n) is 11.4. The highest BCUT2D eigenvalue weighted by atomic mass is 32.2. The van der Waals surface area contributed by atoms with Crippen LogP contribution in [-0.4, -0.2) is 44.3 Å². The van der Waals surface area contributed by atoms with Crippen LogP contribution in [0.2, 0.25) is 0 Å². The molecule has 11 heteroatoms. The van der Waals surface area contributed by atoms with E-state index in [0.29, 0.717) is 19.3 Å². The number of unbranched alkanes of at least 4 members (excludes halogenated alkanes) is 18. The van der Waals surface area contributed by atoms with E-state index < -0.39 is 57.4 Å². The first-order chi connectivity index (χ1) is 20.0. The second kappa shape index (κ2) is 20.8. The first-order valence-corrected chi connectivity index (χ1v) is 19.3. The van der Waals surface area contributed by atoms with E-state index in [4.69, 9.17) is 0 Å². The standard InChI is InChI=1S/C31H53NO8S2/c1-3-5-7-9-11-13-15-17-19-21-23-41(37,38)27-25-28(31(33)34)30(32(35)36)29(26-27)42(39,40)24-22-20-18-16-14-12-10-8-6-4-2/h25-26H,3-24H2,1-2H3,(H,33,34). The monoisotopic (exact) mass is 631 g/mol. The van der Waals surface area contributed by atoms with E-state index in [1.807, 2.05) is 0 Å². The van der Waals surface area contributed by atoms with Crippen LogP contribution in [0.3, 0.4) is 0 Å². The van der Waals surface area contributed by atoms with Crippen molar-refractivity contribution in [3.8, 4) is 0 Å². The molecule has 0 aliphatic carbocycles. The molecule has 0 radical (unpaired) electrons. The number of benzene rings is 1. The second-order valence-corrected chi connectivity index (χ2v) is 15.6. The molecular weight excluding hydrogens is 578 g/mol. The predicted octanol–water partition coefficient (Wildman–Crippen LogP) is 8.68. The third-order valence-electron chi connectivity index (χ3n) is 7.69. The van der Waals surface area contributed by atoms with E-state index in [-0.39, 0.29) is 12.2 Å². The van der Waals surface area contributed by atoms with Crippen molar-refractivity contribution < 1.29 is 31.7 Å². The molecule has 0 spiro atoms. The highest BCUT2D eigenvalue weighted by Crippen LogP contribution is 2.33. The third kappa shape index (κ3) is 14.4. The zero-order valence-corrected chi connectivity index (χ0v) is 27.4. The number of nitro groups is 1. The zero-order valence-electron chi connectivity index (χ0n) is 25.8. The van der Waals surface area contributed by atoms with E-state index in [9.17, 15) is 36.9 Å². The van der Waals surface area contributed by atoms with Crippen molar-refractivity contribution in [3.63, 3.8) is 0 Å². The van der Waals surface area contributed by atoms with Crippen LogP contribution < -0.4 is 0 Å². The zero-order chi connectivity index (χ0) is 31.4. The molecule has 0 bridgehead atoms. The maximum Gasteiger partial charge on any atom is 0.342 e. The molecular formula is C31H53NO8S2. The minimum Gasteiger partial charge on any atom is -0.477 e. The average molecular weight is 632 g/mol. The van der Waals surface area contributed by atoms with Crippen LogP contribution >= 0.6 is 0 Å². The van der Waals surface area contributed by atoms with Crippen LogP contribution in [0.25, 0.3) is 0 Å². The molecule has 0 aliphatic heterocycles. The molecule has 242 valence electrons. The highest BCUT2D eigenvalue weighted by molar-refractivity contribution is 7.92. The van der Waals surface area contributed by atoms with Gasteiger partial charge in [-0.15, -0.1) is 0 Å². The van der Waals surface area contributed by atoms with Crippen LogP contribution in [0.1, 0.15) is 153 Å². The van der Waals surface area contributed by atoms with Gasteiger partial charge in [0.2, 0.25) is 0 Å². The molecule has 0 heterocycles. The van der Waals surface area contributed by atoms with Gasteiger partial charge in [0.05, 0.1) is 21.3 Å². The summed E-state index contributed by atoms with van der Waals surface area (Å²) in [5, 5.41) is 21.4. The van der Waals surface area contributed by atoms with E-state index in [2.05, 4.69) is 13.8 Å². The fourth-order valence-electron chi connectivity index (χ4n) is 5.14. The number of hydrogen-bond acceptors (Lipinski definition) is 7. The fourth-order valence-corrected chi connectivity index (χ4v) is 8.22. The van der Waals surface area contributed by atoms with Gasteiger partial charge in [-0.05, 0) is 25.0 Å². The molecule has 1 aromatic carbocycles. The lowest BCUT2D eigenvalue weighted by Gasteiger charge is -2.11. The SMILES string of the molecule is CCCCCCCCCCCCS(=O)(=O)c1cc(C(=O)O)c([N+](=O)[O-])c(S(=O)(=O)CCCCCCCCCCCC)c1. The number of nitrogens with zero attached hydrogens (tertiary/aromatic N) is 1. The average Bonchev–Trinajstić information content (AvgIpc) is 2.94. The number of nitro benzene ring substituents is 1. The van der Waals surface area contributed by atoms with Crippen LogP contribution in [0, 0.1) is 10.1 Å². The largest absolute Gasteiger partial charge is 0.477 e. The predicted molar refractivity (Wildman–Crippen MR) is 168 cm³/mol. The first kappa shape index (κ1) is 38.0. The summed E-state index contributed by atoms with van der Waals surface area (Å²) in [6.07, 6.45) is 19.8. The molecule has 0 atom stereocenters. The number of carboxylic acid groups (broad SMARTS) is 1. The summed E-state index contributed by atoms with van der Waals surface area (Å²) in [6.45, 7) is 4.34. The van der Waals surface area contributed by atoms with Gasteiger partial charge < -0.3 is 5.11 Å². The van der Waals surface area contributed by atoms with Gasteiger partial charge in [0.25, 0.3) is 0 Å². The van der Waals surface area contributed by atoms with Crippen molar-refractivity contribution in [3.05, 3.63) is 27.8 Å². The Morgan fingerprint density at radius 2 is 1.00 bits per heavy atom. The van der Waals surface area contributed by atoms with Crippen molar-refractivity contribution in [2.45, 2.75) is 152 Å². The molecule has 42 heavy (non-hydrogen) atoms. The van der Waals surface area contributed by atoms with E-state index >= 15 is 0 Å². The van der Waals surface area contributed by atoms with Gasteiger partial charge >= 0.3 is 11.7 Å². The summed E-state index contributed by atoms with van der Waals surface area (Å²) >= 11 is 0. The Morgan fingerprint density at radius 3 is 1.36 bits per heavy atom. The van der Waals surface area contributed by atoms with Crippen molar-refractivity contribution in [2.75, 3.05) is 11.5 Å². The van der Waals surface area contributed by atoms with Crippen molar-refractivity contribution in [1.29, 1.82) is 0 Å². The third-order valence-corrected chi connectivity index (χ3v) is 11.3. The summed E-state index contributed by atoms with van der Waals surface area (Å²) in [6, 6.07) is 1.52. The Kier molecular flexibility index (Phi) is 18.8. The van der Waals surface area contributed by atoms with E-state index in [0.717, 1.165) is 63.5 Å². The van der Waals surface area contributed by atoms with Gasteiger partial charge in [0.1, 0.15) is 10.5 Å². The van der Waals surface area contributed by atoms with Crippen LogP contribution in [0.4, 0.5) is 5.69 Å². The molecule has 0 aliphatic rings. The summed E-state index contributed by atoms with van der Waals surface area (Å²) in [7, 11) is -8.34. The van der Waals surface area contributed by atoms with Gasteiger partial charge in [-0.2, -0.15) is 0 Å². The number of sulfone groups is 2. The summed E-state index contributed by atoms with van der Waals surface area (Å²) < 4.78 is 52.6. The lowest BCUT2D eigenvalue weighted by Crippen LogP contribution is -2.16. The molecule has 1 N–H and O–H groups in total. The molecule has 0 aromatic heterocycles. The van der Waals surface area contributed by atoms with E-state index in [1.54, 1.807) is 0 Å². The maximum atomic E-state index is 13.2. The van der Waals surface area contributed by atoms with Gasteiger partial charge in [0, 0.05) is 0 Å². The lowest BCUT2D eigenvalue weighted by atomic mass is 10.1. The summed E-state index contributed by atoms with van der Waals surface area (Å²) in [5.41, 5.74) is -2.00. The van der Waals surface area contributed by atoms with Crippen molar-refractivity contribution >= 4 is 31.3 Å². The van der Waals surface area contributed by atoms with Gasteiger partial charge in [-0.25, -0.2) is 21.6 Å². The smallest absolute Gasteiger partial charge is 0.342 e. The fraction of sp³-hybridized carbons (Fsp3) is 0.774. The molecule has 0 fully saturated rings. The molecule has 0 saturated heterocycles. The molecule has 1 aromatic rings. The summed E-state index contributed by atoms with van der Waals surface area (Å²) in [5.74, 6) is -2.43. The van der Waals surface area contributed by atoms with Crippen molar-refractivity contribution in [1.82, 2.24) is 0 Å². The molecule has 1 rings (SSSR count). The molecule has 0 amide bonds. The molecule has 0 unspecified atom stereocenters.